The van der Waals surface area contributed by atoms with Crippen LogP contribution < -0.4 is 14.2 Å². The topological polar surface area (TPSA) is 47.9 Å². The van der Waals surface area contributed by atoms with E-state index >= 15 is 0 Å². The predicted octanol–water partition coefficient (Wildman–Crippen LogP) is 1.21. The molecule has 0 heterocycles. The molecule has 0 unspecified atom stereocenters. The van der Waals surface area contributed by atoms with E-state index in [-0.39, 0.29) is 13.2 Å². The van der Waals surface area contributed by atoms with Gasteiger partial charge in [0.05, 0.1) is 20.8 Å². The molecule has 0 amide bonds. The molecule has 1 aromatic carbocycles. The lowest BCUT2D eigenvalue weighted by molar-refractivity contribution is 0.275. The molecule has 0 aliphatic carbocycles. The number of ether oxygens (including phenoxy) is 3. The molecule has 0 radical (unpaired) electrons. The summed E-state index contributed by atoms with van der Waals surface area (Å²) in [6, 6.07) is 3.35. The zero-order chi connectivity index (χ0) is 12.0. The fourth-order valence-corrected chi connectivity index (χ4v) is 1.28. The van der Waals surface area contributed by atoms with E-state index in [1.54, 1.807) is 12.1 Å². The third-order valence-electron chi connectivity index (χ3n) is 2.00. The molecule has 0 aliphatic rings. The first-order valence-corrected chi connectivity index (χ1v) is 4.68. The van der Waals surface area contributed by atoms with E-state index in [0.717, 1.165) is 0 Å². The Hall–Kier alpha value is -1.86. The number of aliphatic hydroxyl groups is 1. The molecule has 1 N–H and O–H groups in total. The van der Waals surface area contributed by atoms with E-state index < -0.39 is 0 Å². The second kappa shape index (κ2) is 5.89. The molecule has 16 heavy (non-hydrogen) atoms. The van der Waals surface area contributed by atoms with Crippen LogP contribution in [0.25, 0.3) is 0 Å². The van der Waals surface area contributed by atoms with Crippen LogP contribution in [0, 0.1) is 12.3 Å². The lowest BCUT2D eigenvalue weighted by Crippen LogP contribution is -2.01. The maximum Gasteiger partial charge on any atom is 0.204 e. The van der Waals surface area contributed by atoms with E-state index in [9.17, 15) is 0 Å². The van der Waals surface area contributed by atoms with Crippen LogP contribution in [-0.4, -0.2) is 25.9 Å². The maximum atomic E-state index is 9.06. The quantitative estimate of drug-likeness (QED) is 0.761. The van der Waals surface area contributed by atoms with Crippen molar-refractivity contribution in [1.29, 1.82) is 0 Å². The van der Waals surface area contributed by atoms with Gasteiger partial charge in [-0.3, -0.25) is 0 Å². The highest BCUT2D eigenvalue weighted by molar-refractivity contribution is 5.53. The molecular weight excluding hydrogens is 208 g/mol. The molecule has 0 aliphatic heterocycles. The summed E-state index contributed by atoms with van der Waals surface area (Å²) in [5, 5.41) is 9.06. The summed E-state index contributed by atoms with van der Waals surface area (Å²) in [5.41, 5.74) is 0.682. The van der Waals surface area contributed by atoms with Crippen LogP contribution in [0.1, 0.15) is 5.56 Å². The fraction of sp³-hybridized carbons (Fsp3) is 0.333. The Kier molecular flexibility index (Phi) is 4.49. The molecule has 0 saturated heterocycles. The van der Waals surface area contributed by atoms with Gasteiger partial charge in [-0.1, -0.05) is 5.92 Å². The van der Waals surface area contributed by atoms with Gasteiger partial charge < -0.3 is 19.3 Å². The number of hydrogen-bond acceptors (Lipinski definition) is 4. The van der Waals surface area contributed by atoms with Gasteiger partial charge in [-0.2, -0.15) is 0 Å². The van der Waals surface area contributed by atoms with Gasteiger partial charge in [0.25, 0.3) is 0 Å². The largest absolute Gasteiger partial charge is 0.493 e. The molecule has 1 aromatic rings. The number of benzene rings is 1. The van der Waals surface area contributed by atoms with Gasteiger partial charge in [-0.05, 0) is 17.7 Å². The van der Waals surface area contributed by atoms with Crippen molar-refractivity contribution in [2.45, 2.75) is 6.61 Å². The van der Waals surface area contributed by atoms with Crippen LogP contribution in [0.5, 0.6) is 17.2 Å². The van der Waals surface area contributed by atoms with Crippen molar-refractivity contribution in [3.05, 3.63) is 17.7 Å². The molecule has 0 bridgehead atoms. The van der Waals surface area contributed by atoms with Gasteiger partial charge in [0, 0.05) is 0 Å². The average molecular weight is 222 g/mol. The molecule has 86 valence electrons. The second-order valence-electron chi connectivity index (χ2n) is 2.98. The third kappa shape index (κ3) is 2.59. The van der Waals surface area contributed by atoms with Crippen LogP contribution in [0.15, 0.2) is 12.1 Å². The zero-order valence-electron chi connectivity index (χ0n) is 9.32. The van der Waals surface area contributed by atoms with E-state index in [1.807, 2.05) is 0 Å². The first-order chi connectivity index (χ1) is 7.76. The second-order valence-corrected chi connectivity index (χ2v) is 2.98. The number of rotatable bonds is 5. The predicted molar refractivity (Wildman–Crippen MR) is 59.8 cm³/mol. The minimum Gasteiger partial charge on any atom is -0.493 e. The summed E-state index contributed by atoms with van der Waals surface area (Å²) < 4.78 is 15.6. The monoisotopic (exact) mass is 222 g/mol. The highest BCUT2D eigenvalue weighted by atomic mass is 16.5. The van der Waals surface area contributed by atoms with Crippen LogP contribution in [0.4, 0.5) is 0 Å². The summed E-state index contributed by atoms with van der Waals surface area (Å²) in [7, 11) is 3.03. The standard InChI is InChI=1S/C12H14O4/c1-4-5-16-12-10(14-2)6-9(8-13)7-11(12)15-3/h1,6-7,13H,5,8H2,2-3H3. The molecule has 4 nitrogen and oxygen atoms in total. The number of hydrogen-bond donors (Lipinski definition) is 1. The fourth-order valence-electron chi connectivity index (χ4n) is 1.28. The summed E-state index contributed by atoms with van der Waals surface area (Å²) in [6.07, 6.45) is 5.12. The van der Waals surface area contributed by atoms with Crippen molar-refractivity contribution >= 4 is 0 Å². The number of terminal acetylenes is 1. The van der Waals surface area contributed by atoms with Crippen LogP contribution in [0.2, 0.25) is 0 Å². The number of methoxy groups -OCH3 is 2. The van der Waals surface area contributed by atoms with E-state index in [2.05, 4.69) is 5.92 Å². The van der Waals surface area contributed by atoms with E-state index in [0.29, 0.717) is 22.8 Å². The van der Waals surface area contributed by atoms with Crippen molar-refractivity contribution in [2.24, 2.45) is 0 Å². The van der Waals surface area contributed by atoms with Gasteiger partial charge in [0.1, 0.15) is 6.61 Å². The summed E-state index contributed by atoms with van der Waals surface area (Å²) in [6.45, 7) is 0.0351. The van der Waals surface area contributed by atoms with Crippen molar-refractivity contribution in [2.75, 3.05) is 20.8 Å². The first kappa shape index (κ1) is 12.2. The highest BCUT2D eigenvalue weighted by Crippen LogP contribution is 2.38. The molecule has 0 aromatic heterocycles. The van der Waals surface area contributed by atoms with Crippen molar-refractivity contribution in [3.8, 4) is 29.6 Å². The average Bonchev–Trinajstić information content (AvgIpc) is 2.35. The smallest absolute Gasteiger partial charge is 0.204 e. The van der Waals surface area contributed by atoms with Crippen molar-refractivity contribution < 1.29 is 19.3 Å². The maximum absolute atomic E-state index is 9.06. The van der Waals surface area contributed by atoms with Gasteiger partial charge >= 0.3 is 0 Å². The lowest BCUT2D eigenvalue weighted by atomic mass is 10.2. The van der Waals surface area contributed by atoms with Crippen LogP contribution in [0.3, 0.4) is 0 Å². The number of aliphatic hydroxyl groups excluding tert-OH is 1. The van der Waals surface area contributed by atoms with Gasteiger partial charge in [0.2, 0.25) is 5.75 Å². The summed E-state index contributed by atoms with van der Waals surface area (Å²) in [5.74, 6) is 3.78. The van der Waals surface area contributed by atoms with Gasteiger partial charge in [-0.25, -0.2) is 0 Å². The molecule has 1 rings (SSSR count). The SMILES string of the molecule is C#CCOc1c(OC)cc(CO)cc1OC. The Labute approximate surface area is 94.8 Å². The Morgan fingerprint density at radius 1 is 1.25 bits per heavy atom. The summed E-state index contributed by atoms with van der Waals surface area (Å²) in [4.78, 5) is 0. The molecular formula is C12H14O4. The Bertz CT molecular complexity index is 367. The molecule has 0 spiro atoms. The zero-order valence-corrected chi connectivity index (χ0v) is 9.32. The first-order valence-electron chi connectivity index (χ1n) is 4.68. The van der Waals surface area contributed by atoms with Gasteiger partial charge in [-0.15, -0.1) is 6.42 Å². The summed E-state index contributed by atoms with van der Waals surface area (Å²) >= 11 is 0. The molecule has 4 heteroatoms. The van der Waals surface area contributed by atoms with Crippen LogP contribution >= 0.6 is 0 Å². The molecule has 0 atom stereocenters. The minimum atomic E-state index is -0.0951. The molecule has 0 saturated carbocycles. The van der Waals surface area contributed by atoms with Crippen LogP contribution in [-0.2, 0) is 6.61 Å². The third-order valence-corrected chi connectivity index (χ3v) is 2.00. The van der Waals surface area contributed by atoms with E-state index in [4.69, 9.17) is 25.7 Å². The van der Waals surface area contributed by atoms with Gasteiger partial charge in [0.15, 0.2) is 11.5 Å². The Morgan fingerprint density at radius 3 is 2.19 bits per heavy atom. The lowest BCUT2D eigenvalue weighted by Gasteiger charge is -2.14. The Morgan fingerprint density at radius 2 is 1.81 bits per heavy atom. The highest BCUT2D eigenvalue weighted by Gasteiger charge is 2.13. The Balaban J connectivity index is 3.15. The van der Waals surface area contributed by atoms with E-state index in [1.165, 1.54) is 14.2 Å². The minimum absolute atomic E-state index is 0.0951. The molecule has 0 fully saturated rings. The van der Waals surface area contributed by atoms with Crippen molar-refractivity contribution in [1.82, 2.24) is 0 Å². The normalized spacial score (nSPS) is 9.38. The van der Waals surface area contributed by atoms with Crippen molar-refractivity contribution in [3.63, 3.8) is 0 Å².